The van der Waals surface area contributed by atoms with E-state index in [9.17, 15) is 4.79 Å². The predicted molar refractivity (Wildman–Crippen MR) is 86.0 cm³/mol. The molecule has 1 heterocycles. The third-order valence-electron chi connectivity index (χ3n) is 3.54. The molecule has 1 amide bonds. The SMILES string of the molecule is COc1ccccc1NC(=O)Cc1ccc2c(c1)ncn2C. The van der Waals surface area contributed by atoms with Gasteiger partial charge in [0.25, 0.3) is 0 Å². The summed E-state index contributed by atoms with van der Waals surface area (Å²) in [4.78, 5) is 16.5. The van der Waals surface area contributed by atoms with Crippen molar-refractivity contribution >= 4 is 22.6 Å². The Bertz CT molecular complexity index is 824. The summed E-state index contributed by atoms with van der Waals surface area (Å²) in [6, 6.07) is 13.2. The molecule has 1 N–H and O–H groups in total. The first kappa shape index (κ1) is 14.1. The van der Waals surface area contributed by atoms with Gasteiger partial charge in [0.15, 0.2) is 0 Å². The number of ether oxygens (including phenoxy) is 1. The number of anilines is 1. The second-order valence-corrected chi connectivity index (χ2v) is 5.10. The van der Waals surface area contributed by atoms with Crippen molar-refractivity contribution in [2.75, 3.05) is 12.4 Å². The van der Waals surface area contributed by atoms with E-state index in [0.717, 1.165) is 16.6 Å². The number of benzene rings is 2. The lowest BCUT2D eigenvalue weighted by Crippen LogP contribution is -2.15. The number of carbonyl (C=O) groups is 1. The van der Waals surface area contributed by atoms with E-state index in [1.807, 2.05) is 54.1 Å². The molecule has 3 aromatic rings. The van der Waals surface area contributed by atoms with E-state index in [1.54, 1.807) is 13.4 Å². The van der Waals surface area contributed by atoms with Crippen molar-refractivity contribution in [2.45, 2.75) is 6.42 Å². The van der Waals surface area contributed by atoms with Gasteiger partial charge in [0.05, 0.1) is 36.6 Å². The van der Waals surface area contributed by atoms with Crippen LogP contribution in [0.4, 0.5) is 5.69 Å². The molecule has 1 aromatic heterocycles. The van der Waals surface area contributed by atoms with Crippen molar-refractivity contribution in [3.63, 3.8) is 0 Å². The number of aryl methyl sites for hydroxylation is 1. The quantitative estimate of drug-likeness (QED) is 0.805. The smallest absolute Gasteiger partial charge is 0.228 e. The fraction of sp³-hybridized carbons (Fsp3) is 0.176. The fourth-order valence-corrected chi connectivity index (χ4v) is 2.42. The van der Waals surface area contributed by atoms with Crippen molar-refractivity contribution < 1.29 is 9.53 Å². The Labute approximate surface area is 128 Å². The van der Waals surface area contributed by atoms with Crippen LogP contribution in [-0.2, 0) is 18.3 Å². The minimum absolute atomic E-state index is 0.0835. The van der Waals surface area contributed by atoms with Crippen LogP contribution in [0.25, 0.3) is 11.0 Å². The molecule has 0 saturated carbocycles. The zero-order chi connectivity index (χ0) is 15.5. The van der Waals surface area contributed by atoms with Crippen LogP contribution in [-0.4, -0.2) is 22.6 Å². The lowest BCUT2D eigenvalue weighted by molar-refractivity contribution is -0.115. The molecule has 112 valence electrons. The number of para-hydroxylation sites is 2. The predicted octanol–water partition coefficient (Wildman–Crippen LogP) is 2.76. The third kappa shape index (κ3) is 2.79. The molecule has 0 unspecified atom stereocenters. The van der Waals surface area contributed by atoms with Gasteiger partial charge in [-0.15, -0.1) is 0 Å². The molecule has 0 radical (unpaired) electrons. The summed E-state index contributed by atoms with van der Waals surface area (Å²) >= 11 is 0. The van der Waals surface area contributed by atoms with Gasteiger partial charge in [-0.1, -0.05) is 18.2 Å². The van der Waals surface area contributed by atoms with Crippen molar-refractivity contribution in [3.05, 3.63) is 54.4 Å². The summed E-state index contributed by atoms with van der Waals surface area (Å²) < 4.78 is 7.18. The van der Waals surface area contributed by atoms with Crippen LogP contribution in [0.1, 0.15) is 5.56 Å². The lowest BCUT2D eigenvalue weighted by atomic mass is 10.1. The van der Waals surface area contributed by atoms with Gasteiger partial charge in [0.2, 0.25) is 5.91 Å². The van der Waals surface area contributed by atoms with E-state index in [1.165, 1.54) is 0 Å². The normalized spacial score (nSPS) is 10.6. The molecule has 2 aromatic carbocycles. The number of methoxy groups -OCH3 is 1. The largest absolute Gasteiger partial charge is 0.495 e. The molecule has 0 aliphatic rings. The Balaban J connectivity index is 1.75. The van der Waals surface area contributed by atoms with Gasteiger partial charge in [0.1, 0.15) is 5.75 Å². The number of nitrogens with one attached hydrogen (secondary N) is 1. The van der Waals surface area contributed by atoms with E-state index in [0.29, 0.717) is 17.9 Å². The molecule has 0 aliphatic heterocycles. The Morgan fingerprint density at radius 3 is 2.91 bits per heavy atom. The van der Waals surface area contributed by atoms with Gasteiger partial charge in [-0.25, -0.2) is 4.98 Å². The maximum Gasteiger partial charge on any atom is 0.228 e. The third-order valence-corrected chi connectivity index (χ3v) is 3.54. The standard InChI is InChI=1S/C17H17N3O2/c1-20-11-18-14-9-12(7-8-15(14)20)10-17(21)19-13-5-3-4-6-16(13)22-2/h3-9,11H,10H2,1-2H3,(H,19,21). The molecule has 0 fully saturated rings. The van der Waals surface area contributed by atoms with E-state index in [-0.39, 0.29) is 5.91 Å². The second kappa shape index (κ2) is 5.89. The molecular weight excluding hydrogens is 278 g/mol. The van der Waals surface area contributed by atoms with Crippen molar-refractivity contribution in [1.82, 2.24) is 9.55 Å². The average Bonchev–Trinajstić information content (AvgIpc) is 2.88. The van der Waals surface area contributed by atoms with Gasteiger partial charge in [-0.2, -0.15) is 0 Å². The minimum Gasteiger partial charge on any atom is -0.495 e. The molecule has 0 bridgehead atoms. The summed E-state index contributed by atoms with van der Waals surface area (Å²) in [5.41, 5.74) is 3.55. The second-order valence-electron chi connectivity index (χ2n) is 5.10. The summed E-state index contributed by atoms with van der Waals surface area (Å²) in [5, 5.41) is 2.87. The number of carbonyl (C=O) groups excluding carboxylic acids is 1. The Hall–Kier alpha value is -2.82. The van der Waals surface area contributed by atoms with Crippen molar-refractivity contribution in [1.29, 1.82) is 0 Å². The highest BCUT2D eigenvalue weighted by Gasteiger charge is 2.09. The first-order valence-electron chi connectivity index (χ1n) is 7.00. The fourth-order valence-electron chi connectivity index (χ4n) is 2.42. The highest BCUT2D eigenvalue weighted by atomic mass is 16.5. The van der Waals surface area contributed by atoms with Gasteiger partial charge in [0, 0.05) is 7.05 Å². The van der Waals surface area contributed by atoms with Crippen molar-refractivity contribution in [3.8, 4) is 5.75 Å². The van der Waals surface area contributed by atoms with E-state index in [4.69, 9.17) is 4.74 Å². The summed E-state index contributed by atoms with van der Waals surface area (Å²) in [5.74, 6) is 0.566. The van der Waals surface area contributed by atoms with Crippen LogP contribution in [0.3, 0.4) is 0 Å². The van der Waals surface area contributed by atoms with Crippen LogP contribution in [0.15, 0.2) is 48.8 Å². The first-order valence-corrected chi connectivity index (χ1v) is 7.00. The van der Waals surface area contributed by atoms with Gasteiger partial charge < -0.3 is 14.6 Å². The Morgan fingerprint density at radius 2 is 2.09 bits per heavy atom. The number of amides is 1. The molecule has 3 rings (SSSR count). The van der Waals surface area contributed by atoms with Crippen LogP contribution >= 0.6 is 0 Å². The number of aromatic nitrogens is 2. The molecule has 5 heteroatoms. The zero-order valence-corrected chi connectivity index (χ0v) is 12.5. The highest BCUT2D eigenvalue weighted by Crippen LogP contribution is 2.23. The van der Waals surface area contributed by atoms with Crippen molar-refractivity contribution in [2.24, 2.45) is 7.05 Å². The molecular formula is C17H17N3O2. The molecule has 22 heavy (non-hydrogen) atoms. The minimum atomic E-state index is -0.0835. The summed E-state index contributed by atoms with van der Waals surface area (Å²) in [7, 11) is 3.53. The maximum atomic E-state index is 12.2. The Kier molecular flexibility index (Phi) is 3.78. The molecule has 0 aliphatic carbocycles. The highest BCUT2D eigenvalue weighted by molar-refractivity contribution is 5.94. The number of fused-ring (bicyclic) bond motifs is 1. The molecule has 0 atom stereocenters. The van der Waals surface area contributed by atoms with E-state index in [2.05, 4.69) is 10.3 Å². The summed E-state index contributed by atoms with van der Waals surface area (Å²) in [6.45, 7) is 0. The molecule has 5 nitrogen and oxygen atoms in total. The summed E-state index contributed by atoms with van der Waals surface area (Å²) in [6.07, 6.45) is 2.06. The van der Waals surface area contributed by atoms with E-state index >= 15 is 0 Å². The Morgan fingerprint density at radius 1 is 1.27 bits per heavy atom. The van der Waals surface area contributed by atoms with Crippen LogP contribution in [0.2, 0.25) is 0 Å². The van der Waals surface area contributed by atoms with Crippen LogP contribution in [0, 0.1) is 0 Å². The number of rotatable bonds is 4. The monoisotopic (exact) mass is 295 g/mol. The van der Waals surface area contributed by atoms with Gasteiger partial charge in [-0.3, -0.25) is 4.79 Å². The number of nitrogens with zero attached hydrogens (tertiary/aromatic N) is 2. The van der Waals surface area contributed by atoms with Gasteiger partial charge >= 0.3 is 0 Å². The maximum absolute atomic E-state index is 12.2. The number of imidazole rings is 1. The average molecular weight is 295 g/mol. The van der Waals surface area contributed by atoms with E-state index < -0.39 is 0 Å². The van der Waals surface area contributed by atoms with Gasteiger partial charge in [-0.05, 0) is 29.8 Å². The molecule has 0 spiro atoms. The lowest BCUT2D eigenvalue weighted by Gasteiger charge is -2.09. The van der Waals surface area contributed by atoms with Crippen LogP contribution in [0.5, 0.6) is 5.75 Å². The first-order chi connectivity index (χ1) is 10.7. The number of hydrogen-bond donors (Lipinski definition) is 1. The number of hydrogen-bond acceptors (Lipinski definition) is 3. The topological polar surface area (TPSA) is 56.1 Å². The van der Waals surface area contributed by atoms with Crippen LogP contribution < -0.4 is 10.1 Å². The zero-order valence-electron chi connectivity index (χ0n) is 12.5. The molecule has 0 saturated heterocycles.